The molecular formula is C19H29N3O2. The minimum Gasteiger partial charge on any atom is -0.481 e. The maximum Gasteiger partial charge on any atom is 0.309 e. The highest BCUT2D eigenvalue weighted by Crippen LogP contribution is 2.20. The Hall–Kier alpha value is -1.43. The van der Waals surface area contributed by atoms with Gasteiger partial charge in [0.1, 0.15) is 0 Å². The van der Waals surface area contributed by atoms with E-state index in [1.165, 1.54) is 16.7 Å². The summed E-state index contributed by atoms with van der Waals surface area (Å²) in [5, 5.41) is 9.41. The van der Waals surface area contributed by atoms with Gasteiger partial charge in [0.25, 0.3) is 0 Å². The van der Waals surface area contributed by atoms with E-state index in [1.807, 2.05) is 7.05 Å². The SMILES string of the molecule is Cc1cc(C)cc(CN2CCN3C[C@H](C(=O)O)CN(C)C[C@H]3C2)c1. The van der Waals surface area contributed by atoms with Gasteiger partial charge < -0.3 is 10.0 Å². The van der Waals surface area contributed by atoms with Crippen molar-refractivity contribution in [3.63, 3.8) is 0 Å². The second-order valence-corrected chi connectivity index (χ2v) is 7.64. The standard InChI is InChI=1S/C19H29N3O2/c1-14-6-15(2)8-16(7-14)9-21-4-5-22-11-17(19(23)24)10-20(3)12-18(22)13-21/h6-8,17-18H,4-5,9-13H2,1-3H3,(H,23,24)/t17-,18+/m1/s1. The van der Waals surface area contributed by atoms with Crippen LogP contribution in [0.4, 0.5) is 0 Å². The highest BCUT2D eigenvalue weighted by molar-refractivity contribution is 5.70. The molecular weight excluding hydrogens is 302 g/mol. The van der Waals surface area contributed by atoms with Crippen LogP contribution in [0.1, 0.15) is 16.7 Å². The Kier molecular flexibility index (Phi) is 5.23. The normalized spacial score (nSPS) is 26.8. The van der Waals surface area contributed by atoms with E-state index in [2.05, 4.69) is 46.7 Å². The fourth-order valence-corrected chi connectivity index (χ4v) is 4.24. The van der Waals surface area contributed by atoms with E-state index in [9.17, 15) is 9.90 Å². The molecule has 1 aromatic carbocycles. The molecule has 132 valence electrons. The van der Waals surface area contributed by atoms with Crippen molar-refractivity contribution in [3.05, 3.63) is 34.9 Å². The molecule has 0 amide bonds. The van der Waals surface area contributed by atoms with E-state index in [4.69, 9.17) is 0 Å². The first-order chi connectivity index (χ1) is 11.4. The van der Waals surface area contributed by atoms with Crippen molar-refractivity contribution in [2.24, 2.45) is 5.92 Å². The zero-order chi connectivity index (χ0) is 17.3. The molecule has 5 heteroatoms. The fraction of sp³-hybridized carbons (Fsp3) is 0.632. The van der Waals surface area contributed by atoms with Crippen LogP contribution in [0.15, 0.2) is 18.2 Å². The Labute approximate surface area is 144 Å². The fourth-order valence-electron chi connectivity index (χ4n) is 4.24. The molecule has 0 aliphatic carbocycles. The summed E-state index contributed by atoms with van der Waals surface area (Å²) in [6.07, 6.45) is 0. The van der Waals surface area contributed by atoms with Gasteiger partial charge in [-0.1, -0.05) is 29.3 Å². The highest BCUT2D eigenvalue weighted by Gasteiger charge is 2.35. The lowest BCUT2D eigenvalue weighted by Gasteiger charge is -2.41. The third kappa shape index (κ3) is 4.15. The minimum atomic E-state index is -0.667. The lowest BCUT2D eigenvalue weighted by molar-refractivity contribution is -0.142. The Morgan fingerprint density at radius 3 is 2.46 bits per heavy atom. The summed E-state index contributed by atoms with van der Waals surface area (Å²) in [6.45, 7) is 10.6. The van der Waals surface area contributed by atoms with Crippen LogP contribution in [-0.4, -0.2) is 78.1 Å². The number of fused-ring (bicyclic) bond motifs is 1. The molecule has 0 saturated carbocycles. The summed E-state index contributed by atoms with van der Waals surface area (Å²) < 4.78 is 0. The van der Waals surface area contributed by atoms with E-state index < -0.39 is 5.97 Å². The number of carboxylic acids is 1. The predicted octanol–water partition coefficient (Wildman–Crippen LogP) is 1.44. The predicted molar refractivity (Wildman–Crippen MR) is 95.2 cm³/mol. The number of likely N-dealkylation sites (N-methyl/N-ethyl adjacent to an activating group) is 1. The number of rotatable bonds is 3. The molecule has 2 aliphatic heterocycles. The molecule has 1 N–H and O–H groups in total. The minimum absolute atomic E-state index is 0.272. The number of aryl methyl sites for hydroxylation is 2. The lowest BCUT2D eigenvalue weighted by Crippen LogP contribution is -2.55. The summed E-state index contributed by atoms with van der Waals surface area (Å²) in [4.78, 5) is 18.5. The molecule has 24 heavy (non-hydrogen) atoms. The van der Waals surface area contributed by atoms with Crippen molar-refractivity contribution in [1.29, 1.82) is 0 Å². The van der Waals surface area contributed by atoms with Crippen LogP contribution in [0, 0.1) is 19.8 Å². The maximum absolute atomic E-state index is 11.4. The van der Waals surface area contributed by atoms with E-state index >= 15 is 0 Å². The zero-order valence-electron chi connectivity index (χ0n) is 15.0. The first-order valence-corrected chi connectivity index (χ1v) is 8.85. The average molecular weight is 331 g/mol. The Morgan fingerprint density at radius 2 is 1.79 bits per heavy atom. The second kappa shape index (κ2) is 7.21. The van der Waals surface area contributed by atoms with Gasteiger partial charge in [-0.2, -0.15) is 0 Å². The van der Waals surface area contributed by atoms with Crippen LogP contribution in [0.3, 0.4) is 0 Å². The molecule has 5 nitrogen and oxygen atoms in total. The number of nitrogens with zero attached hydrogens (tertiary/aromatic N) is 3. The van der Waals surface area contributed by atoms with Gasteiger partial charge in [-0.3, -0.25) is 14.6 Å². The molecule has 2 heterocycles. The third-order valence-corrected chi connectivity index (χ3v) is 5.24. The van der Waals surface area contributed by atoms with E-state index in [1.54, 1.807) is 0 Å². The van der Waals surface area contributed by atoms with Crippen molar-refractivity contribution in [3.8, 4) is 0 Å². The average Bonchev–Trinajstić information content (AvgIpc) is 2.63. The van der Waals surface area contributed by atoms with Crippen molar-refractivity contribution in [2.45, 2.75) is 26.4 Å². The Morgan fingerprint density at radius 1 is 1.08 bits per heavy atom. The molecule has 3 rings (SSSR count). The highest BCUT2D eigenvalue weighted by atomic mass is 16.4. The number of hydrogen-bond acceptors (Lipinski definition) is 4. The van der Waals surface area contributed by atoms with Crippen molar-refractivity contribution in [1.82, 2.24) is 14.7 Å². The van der Waals surface area contributed by atoms with Gasteiger partial charge in [0.05, 0.1) is 5.92 Å². The molecule has 0 bridgehead atoms. The van der Waals surface area contributed by atoms with Gasteiger partial charge in [0.2, 0.25) is 0 Å². The van der Waals surface area contributed by atoms with Crippen LogP contribution >= 0.6 is 0 Å². The van der Waals surface area contributed by atoms with Gasteiger partial charge in [-0.25, -0.2) is 0 Å². The summed E-state index contributed by atoms with van der Waals surface area (Å²) in [7, 11) is 2.04. The summed E-state index contributed by atoms with van der Waals surface area (Å²) >= 11 is 0. The van der Waals surface area contributed by atoms with Crippen molar-refractivity contribution >= 4 is 5.97 Å². The van der Waals surface area contributed by atoms with Crippen LogP contribution in [0.25, 0.3) is 0 Å². The molecule has 0 radical (unpaired) electrons. The van der Waals surface area contributed by atoms with Crippen LogP contribution in [0.2, 0.25) is 0 Å². The van der Waals surface area contributed by atoms with E-state index in [0.29, 0.717) is 19.1 Å². The Bertz CT molecular complexity index is 584. The molecule has 0 spiro atoms. The number of piperazine rings is 1. The number of benzene rings is 1. The first-order valence-electron chi connectivity index (χ1n) is 8.85. The first kappa shape index (κ1) is 17.4. The lowest BCUT2D eigenvalue weighted by atomic mass is 10.1. The zero-order valence-corrected chi connectivity index (χ0v) is 15.0. The van der Waals surface area contributed by atoms with Gasteiger partial charge in [0.15, 0.2) is 0 Å². The van der Waals surface area contributed by atoms with Crippen LogP contribution in [-0.2, 0) is 11.3 Å². The van der Waals surface area contributed by atoms with E-state index in [-0.39, 0.29) is 5.92 Å². The van der Waals surface area contributed by atoms with Crippen LogP contribution < -0.4 is 0 Å². The van der Waals surface area contributed by atoms with Crippen molar-refractivity contribution in [2.75, 3.05) is 46.3 Å². The van der Waals surface area contributed by atoms with Gasteiger partial charge in [-0.05, 0) is 26.5 Å². The van der Waals surface area contributed by atoms with E-state index in [0.717, 1.165) is 32.7 Å². The molecule has 0 unspecified atom stereocenters. The molecule has 0 aromatic heterocycles. The molecule has 1 aromatic rings. The summed E-state index contributed by atoms with van der Waals surface area (Å²) in [5.74, 6) is -0.939. The van der Waals surface area contributed by atoms with Gasteiger partial charge >= 0.3 is 5.97 Å². The number of aliphatic carboxylic acids is 1. The summed E-state index contributed by atoms with van der Waals surface area (Å²) in [6, 6.07) is 7.20. The van der Waals surface area contributed by atoms with Crippen LogP contribution in [0.5, 0.6) is 0 Å². The monoisotopic (exact) mass is 331 g/mol. The summed E-state index contributed by atoms with van der Waals surface area (Å²) in [5.41, 5.74) is 4.02. The third-order valence-electron chi connectivity index (χ3n) is 5.24. The van der Waals surface area contributed by atoms with Gasteiger partial charge in [0, 0.05) is 51.9 Å². The quantitative estimate of drug-likeness (QED) is 0.908. The number of carboxylic acid groups (broad SMARTS) is 1. The number of hydrogen-bond donors (Lipinski definition) is 1. The van der Waals surface area contributed by atoms with Crippen molar-refractivity contribution < 1.29 is 9.90 Å². The van der Waals surface area contributed by atoms with Gasteiger partial charge in [-0.15, -0.1) is 0 Å². The number of carbonyl (C=O) groups is 1. The largest absolute Gasteiger partial charge is 0.481 e. The smallest absolute Gasteiger partial charge is 0.309 e. The maximum atomic E-state index is 11.4. The Balaban J connectivity index is 1.66. The second-order valence-electron chi connectivity index (χ2n) is 7.64. The topological polar surface area (TPSA) is 47.0 Å². The molecule has 2 fully saturated rings. The molecule has 2 saturated heterocycles. The molecule has 2 aliphatic rings. The molecule has 2 atom stereocenters.